The SMILES string of the molecule is COc1cccc(-c2nn(Cc3ccccc3)cc2/C=C(\C#N)C(N)=O)c1. The number of nitrogens with two attached hydrogens (primary N) is 1. The Labute approximate surface area is 157 Å². The Kier molecular flexibility index (Phi) is 5.33. The van der Waals surface area contributed by atoms with E-state index < -0.39 is 5.91 Å². The molecule has 3 aromatic rings. The maximum absolute atomic E-state index is 11.5. The van der Waals surface area contributed by atoms with Gasteiger partial charge in [0.05, 0.1) is 19.3 Å². The van der Waals surface area contributed by atoms with Crippen LogP contribution < -0.4 is 10.5 Å². The summed E-state index contributed by atoms with van der Waals surface area (Å²) in [7, 11) is 1.59. The maximum atomic E-state index is 11.5. The molecule has 0 unspecified atom stereocenters. The predicted octanol–water partition coefficient (Wildman–Crippen LogP) is 3.00. The van der Waals surface area contributed by atoms with E-state index in [1.165, 1.54) is 6.08 Å². The number of rotatable bonds is 6. The van der Waals surface area contributed by atoms with Gasteiger partial charge < -0.3 is 10.5 Å². The molecular weight excluding hydrogens is 340 g/mol. The van der Waals surface area contributed by atoms with E-state index in [-0.39, 0.29) is 5.57 Å². The van der Waals surface area contributed by atoms with E-state index in [1.807, 2.05) is 60.7 Å². The van der Waals surface area contributed by atoms with Gasteiger partial charge in [-0.3, -0.25) is 9.48 Å². The Balaban J connectivity index is 2.09. The van der Waals surface area contributed by atoms with Gasteiger partial charge in [-0.1, -0.05) is 42.5 Å². The third kappa shape index (κ3) is 4.22. The molecule has 0 saturated carbocycles. The van der Waals surface area contributed by atoms with E-state index in [1.54, 1.807) is 18.0 Å². The van der Waals surface area contributed by atoms with Gasteiger partial charge in [0.2, 0.25) is 0 Å². The number of methoxy groups -OCH3 is 1. The van der Waals surface area contributed by atoms with Crippen molar-refractivity contribution in [2.24, 2.45) is 5.73 Å². The van der Waals surface area contributed by atoms with E-state index in [9.17, 15) is 10.1 Å². The second kappa shape index (κ2) is 8.02. The average Bonchev–Trinajstić information content (AvgIpc) is 3.09. The van der Waals surface area contributed by atoms with Crippen LogP contribution in [0.25, 0.3) is 17.3 Å². The fourth-order valence-electron chi connectivity index (χ4n) is 2.70. The van der Waals surface area contributed by atoms with Gasteiger partial charge in [0.15, 0.2) is 0 Å². The van der Waals surface area contributed by atoms with Gasteiger partial charge in [-0.15, -0.1) is 0 Å². The Bertz CT molecular complexity index is 1030. The molecule has 2 aromatic carbocycles. The molecule has 0 aliphatic carbocycles. The van der Waals surface area contributed by atoms with Gasteiger partial charge in [0.25, 0.3) is 5.91 Å². The number of ether oxygens (including phenoxy) is 1. The molecule has 27 heavy (non-hydrogen) atoms. The molecule has 6 heteroatoms. The second-order valence-corrected chi connectivity index (χ2v) is 5.88. The minimum absolute atomic E-state index is 0.126. The first-order chi connectivity index (χ1) is 13.1. The molecule has 0 aliphatic heterocycles. The molecule has 6 nitrogen and oxygen atoms in total. The lowest BCUT2D eigenvalue weighted by Crippen LogP contribution is -2.12. The maximum Gasteiger partial charge on any atom is 0.259 e. The third-order valence-electron chi connectivity index (χ3n) is 4.01. The van der Waals surface area contributed by atoms with Crippen LogP contribution >= 0.6 is 0 Å². The quantitative estimate of drug-likeness (QED) is 0.541. The minimum atomic E-state index is -0.773. The number of nitriles is 1. The second-order valence-electron chi connectivity index (χ2n) is 5.88. The molecule has 1 aromatic heterocycles. The van der Waals surface area contributed by atoms with Gasteiger partial charge in [0.1, 0.15) is 17.4 Å². The van der Waals surface area contributed by atoms with Crippen molar-refractivity contribution in [3.63, 3.8) is 0 Å². The van der Waals surface area contributed by atoms with Gasteiger partial charge >= 0.3 is 0 Å². The van der Waals surface area contributed by atoms with Crippen LogP contribution in [0.1, 0.15) is 11.1 Å². The molecule has 0 atom stereocenters. The highest BCUT2D eigenvalue weighted by Gasteiger charge is 2.13. The van der Waals surface area contributed by atoms with E-state index in [0.717, 1.165) is 11.1 Å². The summed E-state index contributed by atoms with van der Waals surface area (Å²) in [6, 6.07) is 19.2. The molecule has 3 rings (SSSR count). The van der Waals surface area contributed by atoms with Crippen LogP contribution in [0.3, 0.4) is 0 Å². The van der Waals surface area contributed by atoms with Gasteiger partial charge in [-0.2, -0.15) is 10.4 Å². The van der Waals surface area contributed by atoms with Crippen molar-refractivity contribution < 1.29 is 9.53 Å². The van der Waals surface area contributed by atoms with Crippen molar-refractivity contribution in [1.29, 1.82) is 5.26 Å². The summed E-state index contributed by atoms with van der Waals surface area (Å²) in [5.41, 5.74) is 8.33. The van der Waals surface area contributed by atoms with Crippen molar-refractivity contribution in [2.75, 3.05) is 7.11 Å². The van der Waals surface area contributed by atoms with Gasteiger partial charge in [-0.25, -0.2) is 0 Å². The highest BCUT2D eigenvalue weighted by Crippen LogP contribution is 2.27. The zero-order valence-corrected chi connectivity index (χ0v) is 14.8. The average molecular weight is 358 g/mol. The Morgan fingerprint density at radius 3 is 2.70 bits per heavy atom. The number of nitrogens with zero attached hydrogens (tertiary/aromatic N) is 3. The molecule has 0 fully saturated rings. The van der Waals surface area contributed by atoms with Gasteiger partial charge in [-0.05, 0) is 23.8 Å². The molecule has 0 spiro atoms. The van der Waals surface area contributed by atoms with Crippen LogP contribution in [0, 0.1) is 11.3 Å². The van der Waals surface area contributed by atoms with Crippen LogP contribution in [-0.4, -0.2) is 22.8 Å². The zero-order valence-electron chi connectivity index (χ0n) is 14.8. The number of aromatic nitrogens is 2. The topological polar surface area (TPSA) is 93.9 Å². The van der Waals surface area contributed by atoms with Crippen LogP contribution in [0.15, 0.2) is 66.4 Å². The van der Waals surface area contributed by atoms with E-state index in [2.05, 4.69) is 5.10 Å². The third-order valence-corrected chi connectivity index (χ3v) is 4.01. The summed E-state index contributed by atoms with van der Waals surface area (Å²) < 4.78 is 7.05. The summed E-state index contributed by atoms with van der Waals surface area (Å²) in [5, 5.41) is 13.8. The molecule has 0 aliphatic rings. The lowest BCUT2D eigenvalue weighted by atomic mass is 10.1. The largest absolute Gasteiger partial charge is 0.497 e. The molecule has 2 N–H and O–H groups in total. The molecule has 134 valence electrons. The molecule has 0 bridgehead atoms. The molecular formula is C21H18N4O2. The van der Waals surface area contributed by atoms with Crippen LogP contribution in [0.4, 0.5) is 0 Å². The number of hydrogen-bond acceptors (Lipinski definition) is 4. The highest BCUT2D eigenvalue weighted by molar-refractivity contribution is 6.01. The standard InChI is InChI=1S/C21H18N4O2/c1-27-19-9-5-8-16(11-19)20-18(10-17(12-22)21(23)26)14-25(24-20)13-15-6-3-2-4-7-15/h2-11,14H,13H2,1H3,(H2,23,26)/b17-10+. The number of hydrogen-bond donors (Lipinski definition) is 1. The van der Waals surface area contributed by atoms with Gasteiger partial charge in [0, 0.05) is 17.3 Å². The fourth-order valence-corrected chi connectivity index (χ4v) is 2.70. The van der Waals surface area contributed by atoms with E-state index in [4.69, 9.17) is 10.5 Å². The fraction of sp³-hybridized carbons (Fsp3) is 0.0952. The van der Waals surface area contributed by atoms with Crippen molar-refractivity contribution in [3.05, 3.63) is 77.5 Å². The summed E-state index contributed by atoms with van der Waals surface area (Å²) in [6.45, 7) is 0.560. The Morgan fingerprint density at radius 2 is 2.04 bits per heavy atom. The molecule has 0 radical (unpaired) electrons. The first kappa shape index (κ1) is 18.0. The van der Waals surface area contributed by atoms with Crippen LogP contribution in [0.2, 0.25) is 0 Å². The Hall–Kier alpha value is -3.85. The van der Waals surface area contributed by atoms with Crippen molar-refractivity contribution >= 4 is 12.0 Å². The summed E-state index contributed by atoms with van der Waals surface area (Å²) in [6.07, 6.45) is 3.26. The van der Waals surface area contributed by atoms with Crippen molar-refractivity contribution in [1.82, 2.24) is 9.78 Å². The predicted molar refractivity (Wildman–Crippen MR) is 103 cm³/mol. The molecule has 0 saturated heterocycles. The van der Waals surface area contributed by atoms with Crippen LogP contribution in [-0.2, 0) is 11.3 Å². The summed E-state index contributed by atoms with van der Waals surface area (Å²) in [4.78, 5) is 11.5. The van der Waals surface area contributed by atoms with Crippen LogP contribution in [0.5, 0.6) is 5.75 Å². The lowest BCUT2D eigenvalue weighted by molar-refractivity contribution is -0.114. The first-order valence-electron chi connectivity index (χ1n) is 8.28. The van der Waals surface area contributed by atoms with Crippen molar-refractivity contribution in [3.8, 4) is 23.1 Å². The number of carbonyl (C=O) groups excluding carboxylic acids is 1. The lowest BCUT2D eigenvalue weighted by Gasteiger charge is -2.04. The number of amides is 1. The van der Waals surface area contributed by atoms with E-state index in [0.29, 0.717) is 23.6 Å². The summed E-state index contributed by atoms with van der Waals surface area (Å²) in [5.74, 6) is -0.0830. The number of carbonyl (C=O) groups is 1. The molecule has 1 amide bonds. The highest BCUT2D eigenvalue weighted by atomic mass is 16.5. The Morgan fingerprint density at radius 1 is 1.26 bits per heavy atom. The number of primary amides is 1. The monoisotopic (exact) mass is 358 g/mol. The summed E-state index contributed by atoms with van der Waals surface area (Å²) >= 11 is 0. The molecule has 1 heterocycles. The minimum Gasteiger partial charge on any atom is -0.497 e. The normalized spacial score (nSPS) is 11.0. The zero-order chi connectivity index (χ0) is 19.2. The van der Waals surface area contributed by atoms with Crippen molar-refractivity contribution in [2.45, 2.75) is 6.54 Å². The smallest absolute Gasteiger partial charge is 0.259 e. The number of benzene rings is 2. The van der Waals surface area contributed by atoms with E-state index >= 15 is 0 Å². The first-order valence-corrected chi connectivity index (χ1v) is 8.28.